The fourth-order valence-electron chi connectivity index (χ4n) is 3.71. The fourth-order valence-corrected chi connectivity index (χ4v) is 3.71. The van der Waals surface area contributed by atoms with Crippen LogP contribution in [-0.2, 0) is 20.8 Å². The number of hydrogen-bond acceptors (Lipinski definition) is 3. The highest BCUT2D eigenvalue weighted by Crippen LogP contribution is 2.24. The summed E-state index contributed by atoms with van der Waals surface area (Å²) in [5.74, 6) is -1.45. The molecule has 2 amide bonds. The molecule has 1 aromatic rings. The van der Waals surface area contributed by atoms with E-state index in [9.17, 15) is 14.4 Å². The zero-order valence-corrected chi connectivity index (χ0v) is 14.3. The molecular formula is C19H24N2O4. The maximum Gasteiger partial charge on any atom is 0.308 e. The van der Waals surface area contributed by atoms with Crippen molar-refractivity contribution in [1.29, 1.82) is 0 Å². The van der Waals surface area contributed by atoms with Gasteiger partial charge in [-0.05, 0) is 24.8 Å². The Morgan fingerprint density at radius 2 is 1.68 bits per heavy atom. The van der Waals surface area contributed by atoms with Crippen LogP contribution in [0.25, 0.3) is 0 Å². The second kappa shape index (κ2) is 7.68. The van der Waals surface area contributed by atoms with E-state index in [1.54, 1.807) is 9.80 Å². The van der Waals surface area contributed by atoms with Crippen molar-refractivity contribution in [2.75, 3.05) is 26.2 Å². The highest BCUT2D eigenvalue weighted by molar-refractivity contribution is 5.83. The summed E-state index contributed by atoms with van der Waals surface area (Å²) in [5.41, 5.74) is 0.977. The fraction of sp³-hybridized carbons (Fsp3) is 0.526. The first-order valence-electron chi connectivity index (χ1n) is 8.88. The molecule has 0 saturated carbocycles. The van der Waals surface area contributed by atoms with E-state index < -0.39 is 11.9 Å². The van der Waals surface area contributed by atoms with E-state index in [4.69, 9.17) is 5.11 Å². The number of amides is 2. The van der Waals surface area contributed by atoms with E-state index in [1.165, 1.54) is 0 Å². The lowest BCUT2D eigenvalue weighted by Gasteiger charge is -2.34. The predicted molar refractivity (Wildman–Crippen MR) is 91.8 cm³/mol. The van der Waals surface area contributed by atoms with Gasteiger partial charge in [0.2, 0.25) is 11.8 Å². The zero-order chi connectivity index (χ0) is 17.8. The van der Waals surface area contributed by atoms with Crippen LogP contribution in [0.1, 0.15) is 24.8 Å². The summed E-state index contributed by atoms with van der Waals surface area (Å²) in [6.45, 7) is 1.93. The van der Waals surface area contributed by atoms with Crippen LogP contribution in [-0.4, -0.2) is 58.9 Å². The van der Waals surface area contributed by atoms with Gasteiger partial charge in [-0.1, -0.05) is 30.3 Å². The van der Waals surface area contributed by atoms with Crippen molar-refractivity contribution >= 4 is 17.8 Å². The lowest BCUT2D eigenvalue weighted by molar-refractivity contribution is -0.142. The number of carboxylic acids is 1. The van der Waals surface area contributed by atoms with Crippen LogP contribution in [0, 0.1) is 11.8 Å². The zero-order valence-electron chi connectivity index (χ0n) is 14.3. The van der Waals surface area contributed by atoms with Crippen molar-refractivity contribution in [2.24, 2.45) is 11.8 Å². The summed E-state index contributed by atoms with van der Waals surface area (Å²) in [7, 11) is 0. The number of carbonyl (C=O) groups excluding carboxylic acids is 2. The van der Waals surface area contributed by atoms with Crippen LogP contribution in [0.2, 0.25) is 0 Å². The van der Waals surface area contributed by atoms with Crippen LogP contribution in [0.5, 0.6) is 0 Å². The molecule has 6 nitrogen and oxygen atoms in total. The summed E-state index contributed by atoms with van der Waals surface area (Å²) in [6.07, 6.45) is 2.45. The van der Waals surface area contributed by atoms with E-state index >= 15 is 0 Å². The lowest BCUT2D eigenvalue weighted by atomic mass is 9.96. The number of rotatable bonds is 4. The van der Waals surface area contributed by atoms with Crippen LogP contribution in [0.3, 0.4) is 0 Å². The Hall–Kier alpha value is -2.37. The molecule has 2 unspecified atom stereocenters. The molecule has 25 heavy (non-hydrogen) atoms. The smallest absolute Gasteiger partial charge is 0.308 e. The summed E-state index contributed by atoms with van der Waals surface area (Å²) in [5, 5.41) is 9.09. The second-order valence-corrected chi connectivity index (χ2v) is 6.95. The van der Waals surface area contributed by atoms with Gasteiger partial charge in [0.15, 0.2) is 0 Å². The van der Waals surface area contributed by atoms with Gasteiger partial charge in [-0.3, -0.25) is 14.4 Å². The van der Waals surface area contributed by atoms with E-state index in [1.807, 2.05) is 30.3 Å². The molecule has 0 spiro atoms. The predicted octanol–water partition coefficient (Wildman–Crippen LogP) is 1.40. The molecule has 2 atom stereocenters. The molecule has 134 valence electrons. The third-order valence-electron chi connectivity index (χ3n) is 5.17. The molecule has 6 heteroatoms. The van der Waals surface area contributed by atoms with Gasteiger partial charge < -0.3 is 14.9 Å². The Kier molecular flexibility index (Phi) is 5.36. The molecule has 1 N–H and O–H groups in total. The van der Waals surface area contributed by atoms with Crippen molar-refractivity contribution in [3.05, 3.63) is 35.9 Å². The van der Waals surface area contributed by atoms with Crippen molar-refractivity contribution in [3.63, 3.8) is 0 Å². The normalized spacial score (nSPS) is 23.5. The summed E-state index contributed by atoms with van der Waals surface area (Å²) >= 11 is 0. The number of nitrogens with zero attached hydrogens (tertiary/aromatic N) is 2. The molecule has 0 aromatic heterocycles. The summed E-state index contributed by atoms with van der Waals surface area (Å²) in [6, 6.07) is 9.61. The monoisotopic (exact) mass is 344 g/mol. The number of aliphatic carboxylic acids is 1. The third-order valence-corrected chi connectivity index (χ3v) is 5.17. The van der Waals surface area contributed by atoms with Crippen LogP contribution in [0.15, 0.2) is 30.3 Å². The van der Waals surface area contributed by atoms with Crippen molar-refractivity contribution in [2.45, 2.75) is 25.7 Å². The highest BCUT2D eigenvalue weighted by Gasteiger charge is 2.36. The maximum absolute atomic E-state index is 12.7. The van der Waals surface area contributed by atoms with Gasteiger partial charge in [-0.25, -0.2) is 0 Å². The first kappa shape index (κ1) is 17.5. The quantitative estimate of drug-likeness (QED) is 0.896. The van der Waals surface area contributed by atoms with Gasteiger partial charge in [0.25, 0.3) is 0 Å². The molecule has 0 bridgehead atoms. The number of carbonyl (C=O) groups is 3. The summed E-state index contributed by atoms with van der Waals surface area (Å²) < 4.78 is 0. The van der Waals surface area contributed by atoms with Gasteiger partial charge in [0.05, 0.1) is 18.3 Å². The SMILES string of the molecule is O=C(O)C1CCN(C(=O)C2CCCN(C(=O)Cc3ccccc3)C2)C1. The number of hydrogen-bond donors (Lipinski definition) is 1. The van der Waals surface area contributed by atoms with Gasteiger partial charge >= 0.3 is 5.97 Å². The number of benzene rings is 1. The van der Waals surface area contributed by atoms with Crippen LogP contribution in [0.4, 0.5) is 0 Å². The van der Waals surface area contributed by atoms with E-state index in [-0.39, 0.29) is 17.7 Å². The van der Waals surface area contributed by atoms with Crippen LogP contribution >= 0.6 is 0 Å². The standard InChI is InChI=1S/C19H24N2O4/c22-17(11-14-5-2-1-3-6-14)20-9-4-7-15(12-20)18(23)21-10-8-16(13-21)19(24)25/h1-3,5-6,15-16H,4,7-13H2,(H,24,25). The van der Waals surface area contributed by atoms with Crippen LogP contribution < -0.4 is 0 Å². The second-order valence-electron chi connectivity index (χ2n) is 6.95. The van der Waals surface area contributed by atoms with Crippen molar-refractivity contribution < 1.29 is 19.5 Å². The van der Waals surface area contributed by atoms with Gasteiger partial charge in [0.1, 0.15) is 0 Å². The van der Waals surface area contributed by atoms with Crippen molar-refractivity contribution in [3.8, 4) is 0 Å². The number of carboxylic acid groups (broad SMARTS) is 1. The average Bonchev–Trinajstić information content (AvgIpc) is 3.12. The van der Waals surface area contributed by atoms with Gasteiger partial charge in [-0.2, -0.15) is 0 Å². The lowest BCUT2D eigenvalue weighted by Crippen LogP contribution is -2.46. The Labute approximate surface area is 147 Å². The molecule has 1 aromatic carbocycles. The van der Waals surface area contributed by atoms with Gasteiger partial charge in [-0.15, -0.1) is 0 Å². The molecule has 2 fully saturated rings. The van der Waals surface area contributed by atoms with E-state index in [0.717, 1.165) is 18.4 Å². The minimum Gasteiger partial charge on any atom is -0.481 e. The Morgan fingerprint density at radius 1 is 0.960 bits per heavy atom. The first-order chi connectivity index (χ1) is 12.0. The molecule has 0 aliphatic carbocycles. The Balaban J connectivity index is 1.56. The average molecular weight is 344 g/mol. The molecule has 0 radical (unpaired) electrons. The minimum absolute atomic E-state index is 0.000890. The number of piperidine rings is 1. The van der Waals surface area contributed by atoms with Gasteiger partial charge in [0, 0.05) is 26.2 Å². The Bertz CT molecular complexity index is 646. The molecule has 3 rings (SSSR count). The molecule has 2 aliphatic heterocycles. The maximum atomic E-state index is 12.7. The van der Waals surface area contributed by atoms with E-state index in [0.29, 0.717) is 39.0 Å². The molecule has 2 saturated heterocycles. The largest absolute Gasteiger partial charge is 0.481 e. The molecule has 2 aliphatic rings. The van der Waals surface area contributed by atoms with Crippen molar-refractivity contribution in [1.82, 2.24) is 9.80 Å². The molecule has 2 heterocycles. The van der Waals surface area contributed by atoms with E-state index in [2.05, 4.69) is 0 Å². The summed E-state index contributed by atoms with van der Waals surface area (Å²) in [4.78, 5) is 39.7. The topological polar surface area (TPSA) is 77.9 Å². The molecular weight excluding hydrogens is 320 g/mol. The number of likely N-dealkylation sites (tertiary alicyclic amines) is 2. The minimum atomic E-state index is -0.835. The highest BCUT2D eigenvalue weighted by atomic mass is 16.4. The first-order valence-corrected chi connectivity index (χ1v) is 8.88. The Morgan fingerprint density at radius 3 is 2.36 bits per heavy atom. The third kappa shape index (κ3) is 4.18.